The van der Waals surface area contributed by atoms with Crippen molar-refractivity contribution >= 4 is 21.3 Å². The molecule has 21 heavy (non-hydrogen) atoms. The van der Waals surface area contributed by atoms with Crippen LogP contribution in [-0.4, -0.2) is 20.5 Å². The second-order valence-electron chi connectivity index (χ2n) is 4.65. The molecule has 0 saturated heterocycles. The van der Waals surface area contributed by atoms with Crippen molar-refractivity contribution in [3.8, 4) is 11.5 Å². The van der Waals surface area contributed by atoms with E-state index >= 15 is 0 Å². The van der Waals surface area contributed by atoms with Gasteiger partial charge in [-0.2, -0.15) is 0 Å². The number of carbonyl (C=O) groups excluding carboxylic acids is 1. The Kier molecular flexibility index (Phi) is 3.99. The van der Waals surface area contributed by atoms with E-state index in [1.54, 1.807) is 30.3 Å². The van der Waals surface area contributed by atoms with Gasteiger partial charge in [0.1, 0.15) is 11.5 Å². The van der Waals surface area contributed by atoms with Crippen molar-refractivity contribution in [1.29, 1.82) is 0 Å². The first-order chi connectivity index (χ1) is 9.77. The molecular formula is C15H15NO4S. The maximum absolute atomic E-state index is 11.4. The zero-order chi connectivity index (χ0) is 15.6. The van der Waals surface area contributed by atoms with Gasteiger partial charge >= 0.3 is 0 Å². The van der Waals surface area contributed by atoms with E-state index in [-0.39, 0.29) is 10.7 Å². The molecule has 0 fully saturated rings. The molecule has 6 heteroatoms. The number of ketones is 1. The van der Waals surface area contributed by atoms with Crippen LogP contribution in [0.4, 0.5) is 5.69 Å². The summed E-state index contributed by atoms with van der Waals surface area (Å²) in [6.45, 7) is 1.44. The summed E-state index contributed by atoms with van der Waals surface area (Å²) >= 11 is 0. The van der Waals surface area contributed by atoms with Crippen LogP contribution >= 0.6 is 0 Å². The van der Waals surface area contributed by atoms with Crippen LogP contribution in [0.5, 0.6) is 11.5 Å². The molecule has 0 atom stereocenters. The van der Waals surface area contributed by atoms with Crippen LogP contribution < -0.4 is 10.5 Å². The predicted octanol–water partition coefficient (Wildman–Crippen LogP) is 2.67. The molecule has 0 aliphatic carbocycles. The van der Waals surface area contributed by atoms with Crippen LogP contribution in [0, 0.1) is 0 Å². The molecule has 2 N–H and O–H groups in total. The lowest BCUT2D eigenvalue weighted by molar-refractivity contribution is 0.101. The van der Waals surface area contributed by atoms with Gasteiger partial charge in [-0.15, -0.1) is 0 Å². The monoisotopic (exact) mass is 305 g/mol. The maximum Gasteiger partial charge on any atom is 0.175 e. The van der Waals surface area contributed by atoms with Gasteiger partial charge in [0.05, 0.1) is 4.90 Å². The molecule has 2 rings (SSSR count). The van der Waals surface area contributed by atoms with Crippen LogP contribution in [0.15, 0.2) is 47.4 Å². The van der Waals surface area contributed by atoms with Crippen LogP contribution in [0.2, 0.25) is 0 Å². The van der Waals surface area contributed by atoms with E-state index in [9.17, 15) is 13.2 Å². The van der Waals surface area contributed by atoms with Crippen molar-refractivity contribution in [2.75, 3.05) is 12.0 Å². The van der Waals surface area contributed by atoms with Gasteiger partial charge in [0, 0.05) is 23.6 Å². The Balaban J connectivity index is 2.23. The van der Waals surface area contributed by atoms with Crippen molar-refractivity contribution in [3.05, 3.63) is 48.0 Å². The summed E-state index contributed by atoms with van der Waals surface area (Å²) in [5, 5.41) is 0. The van der Waals surface area contributed by atoms with Gasteiger partial charge in [-0.05, 0) is 43.3 Å². The summed E-state index contributed by atoms with van der Waals surface area (Å²) < 4.78 is 28.3. The number of hydrogen-bond acceptors (Lipinski definition) is 5. The molecule has 0 heterocycles. The van der Waals surface area contributed by atoms with Crippen molar-refractivity contribution in [3.63, 3.8) is 0 Å². The number of sulfone groups is 1. The van der Waals surface area contributed by atoms with Gasteiger partial charge in [0.2, 0.25) is 0 Å². The molecule has 0 saturated carbocycles. The fourth-order valence-electron chi connectivity index (χ4n) is 1.82. The van der Waals surface area contributed by atoms with E-state index in [4.69, 9.17) is 10.5 Å². The Labute approximate surface area is 123 Å². The molecule has 2 aromatic carbocycles. The molecule has 110 valence electrons. The van der Waals surface area contributed by atoms with Gasteiger partial charge in [0.15, 0.2) is 15.6 Å². The minimum atomic E-state index is -3.23. The first-order valence-electron chi connectivity index (χ1n) is 6.16. The SMILES string of the molecule is CC(=O)c1ccc(Oc2ccc(S(C)(=O)=O)cc2)cc1N. The summed E-state index contributed by atoms with van der Waals surface area (Å²) in [6, 6.07) is 10.9. The molecule has 0 unspecified atom stereocenters. The second kappa shape index (κ2) is 5.57. The van der Waals surface area contributed by atoms with Crippen molar-refractivity contribution in [2.45, 2.75) is 11.8 Å². The van der Waals surface area contributed by atoms with E-state index in [0.717, 1.165) is 6.26 Å². The van der Waals surface area contributed by atoms with Crippen molar-refractivity contribution in [2.24, 2.45) is 0 Å². The van der Waals surface area contributed by atoms with Gasteiger partial charge in [-0.25, -0.2) is 8.42 Å². The third-order valence-corrected chi connectivity index (χ3v) is 4.02. The van der Waals surface area contributed by atoms with Crippen molar-refractivity contribution < 1.29 is 17.9 Å². The molecule has 0 aliphatic heterocycles. The smallest absolute Gasteiger partial charge is 0.175 e. The maximum atomic E-state index is 11.4. The zero-order valence-electron chi connectivity index (χ0n) is 11.7. The van der Waals surface area contributed by atoms with Gasteiger partial charge < -0.3 is 10.5 Å². The Hall–Kier alpha value is -2.34. The average molecular weight is 305 g/mol. The predicted molar refractivity (Wildman–Crippen MR) is 80.5 cm³/mol. The lowest BCUT2D eigenvalue weighted by atomic mass is 10.1. The Morgan fingerprint density at radius 1 is 1.05 bits per heavy atom. The summed E-state index contributed by atoms with van der Waals surface area (Å²) in [7, 11) is -3.23. The number of Topliss-reactive ketones (excluding diaryl/α,β-unsaturated/α-hetero) is 1. The van der Waals surface area contributed by atoms with Gasteiger partial charge in [0.25, 0.3) is 0 Å². The third kappa shape index (κ3) is 3.61. The minimum absolute atomic E-state index is 0.114. The molecule has 0 radical (unpaired) electrons. The summed E-state index contributed by atoms with van der Waals surface area (Å²) in [5.74, 6) is 0.846. The Morgan fingerprint density at radius 3 is 2.10 bits per heavy atom. The molecule has 2 aromatic rings. The summed E-state index contributed by atoms with van der Waals surface area (Å²) in [5.41, 5.74) is 6.56. The number of rotatable bonds is 4. The number of anilines is 1. The zero-order valence-corrected chi connectivity index (χ0v) is 12.5. The molecule has 0 aromatic heterocycles. The van der Waals surface area contributed by atoms with Gasteiger partial charge in [-0.3, -0.25) is 4.79 Å². The highest BCUT2D eigenvalue weighted by Crippen LogP contribution is 2.26. The first-order valence-corrected chi connectivity index (χ1v) is 8.05. The molecule has 5 nitrogen and oxygen atoms in total. The molecule has 0 spiro atoms. The van der Waals surface area contributed by atoms with Crippen LogP contribution in [0.3, 0.4) is 0 Å². The van der Waals surface area contributed by atoms with E-state index in [0.29, 0.717) is 22.7 Å². The average Bonchev–Trinajstić information content (AvgIpc) is 2.38. The molecule has 0 bridgehead atoms. The molecule has 0 amide bonds. The van der Waals surface area contributed by atoms with Crippen LogP contribution in [0.25, 0.3) is 0 Å². The summed E-state index contributed by atoms with van der Waals surface area (Å²) in [6.07, 6.45) is 1.14. The number of nitrogen functional groups attached to an aromatic ring is 1. The Bertz CT molecular complexity index is 780. The van der Waals surface area contributed by atoms with Crippen molar-refractivity contribution in [1.82, 2.24) is 0 Å². The number of benzene rings is 2. The first kappa shape index (κ1) is 15.1. The fraction of sp³-hybridized carbons (Fsp3) is 0.133. The number of nitrogens with two attached hydrogens (primary N) is 1. The lowest BCUT2D eigenvalue weighted by Crippen LogP contribution is -1.99. The highest BCUT2D eigenvalue weighted by Gasteiger charge is 2.08. The van der Waals surface area contributed by atoms with E-state index in [1.807, 2.05) is 0 Å². The van der Waals surface area contributed by atoms with Crippen LogP contribution in [-0.2, 0) is 9.84 Å². The topological polar surface area (TPSA) is 86.5 Å². The number of hydrogen-bond donors (Lipinski definition) is 1. The highest BCUT2D eigenvalue weighted by molar-refractivity contribution is 7.90. The fourth-order valence-corrected chi connectivity index (χ4v) is 2.45. The number of carbonyl (C=O) groups is 1. The largest absolute Gasteiger partial charge is 0.457 e. The number of ether oxygens (including phenoxy) is 1. The normalized spacial score (nSPS) is 11.1. The minimum Gasteiger partial charge on any atom is -0.457 e. The van der Waals surface area contributed by atoms with Crippen LogP contribution in [0.1, 0.15) is 17.3 Å². The third-order valence-electron chi connectivity index (χ3n) is 2.89. The second-order valence-corrected chi connectivity index (χ2v) is 6.67. The molecule has 0 aliphatic rings. The van der Waals surface area contributed by atoms with Gasteiger partial charge in [-0.1, -0.05) is 0 Å². The highest BCUT2D eigenvalue weighted by atomic mass is 32.2. The quantitative estimate of drug-likeness (QED) is 0.693. The van der Waals surface area contributed by atoms with E-state index < -0.39 is 9.84 Å². The Morgan fingerprint density at radius 2 is 1.62 bits per heavy atom. The van der Waals surface area contributed by atoms with E-state index in [1.165, 1.54) is 19.1 Å². The standard InChI is InChI=1S/C15H15NO4S/c1-10(17)14-8-5-12(9-15(14)16)20-11-3-6-13(7-4-11)21(2,18)19/h3-9H,16H2,1-2H3. The summed E-state index contributed by atoms with van der Waals surface area (Å²) in [4.78, 5) is 11.5. The lowest BCUT2D eigenvalue weighted by Gasteiger charge is -2.08. The van der Waals surface area contributed by atoms with E-state index in [2.05, 4.69) is 0 Å². The molecular weight excluding hydrogens is 290 g/mol.